The van der Waals surface area contributed by atoms with Gasteiger partial charge in [0.1, 0.15) is 12.2 Å². The van der Waals surface area contributed by atoms with E-state index in [4.69, 9.17) is 10.7 Å². The van der Waals surface area contributed by atoms with E-state index in [9.17, 15) is 21.6 Å². The molecule has 2 aromatic rings. The minimum absolute atomic E-state index is 0.177. The number of hydrogen-bond acceptors (Lipinski definition) is 4. The number of para-hydroxylation sites is 1. The standard InChI is InChI=1S/C10H7ClF3N3O2S/c11-20(18,19)9-16-15-8(6-10(12,13)14)17(9)7-4-2-1-3-5-7/h1-5H,6H2. The lowest BCUT2D eigenvalue weighted by Gasteiger charge is -2.10. The summed E-state index contributed by atoms with van der Waals surface area (Å²) in [6, 6.07) is 7.56. The van der Waals surface area contributed by atoms with Gasteiger partial charge in [0.2, 0.25) is 0 Å². The molecule has 1 aromatic carbocycles. The summed E-state index contributed by atoms with van der Waals surface area (Å²) in [5.74, 6) is -0.553. The van der Waals surface area contributed by atoms with Crippen molar-refractivity contribution in [1.29, 1.82) is 0 Å². The average molecular weight is 326 g/mol. The highest BCUT2D eigenvalue weighted by atomic mass is 35.7. The summed E-state index contributed by atoms with van der Waals surface area (Å²) >= 11 is 0. The smallest absolute Gasteiger partial charge is 0.269 e. The highest BCUT2D eigenvalue weighted by Gasteiger charge is 2.33. The van der Waals surface area contributed by atoms with Crippen molar-refractivity contribution in [2.75, 3.05) is 0 Å². The Morgan fingerprint density at radius 2 is 1.75 bits per heavy atom. The van der Waals surface area contributed by atoms with E-state index in [1.807, 2.05) is 0 Å². The zero-order valence-electron chi connectivity index (χ0n) is 9.67. The zero-order chi connectivity index (χ0) is 15.0. The highest BCUT2D eigenvalue weighted by molar-refractivity contribution is 8.13. The van der Waals surface area contributed by atoms with Crippen LogP contribution in [0.4, 0.5) is 13.2 Å². The molecule has 0 aliphatic carbocycles. The number of benzene rings is 1. The molecular weight excluding hydrogens is 319 g/mol. The molecule has 0 fully saturated rings. The van der Waals surface area contributed by atoms with Crippen LogP contribution < -0.4 is 0 Å². The van der Waals surface area contributed by atoms with Gasteiger partial charge >= 0.3 is 6.18 Å². The number of halogens is 4. The van der Waals surface area contributed by atoms with Crippen LogP contribution in [0.15, 0.2) is 35.5 Å². The second kappa shape index (κ2) is 5.06. The molecule has 108 valence electrons. The van der Waals surface area contributed by atoms with Crippen LogP contribution in [0.2, 0.25) is 0 Å². The quantitative estimate of drug-likeness (QED) is 0.812. The van der Waals surface area contributed by atoms with Gasteiger partial charge in [-0.25, -0.2) is 8.42 Å². The molecule has 0 spiro atoms. The van der Waals surface area contributed by atoms with E-state index in [0.29, 0.717) is 0 Å². The summed E-state index contributed by atoms with van der Waals surface area (Å²) in [6.07, 6.45) is -5.96. The van der Waals surface area contributed by atoms with Crippen molar-refractivity contribution in [3.05, 3.63) is 36.2 Å². The minimum atomic E-state index is -4.55. The van der Waals surface area contributed by atoms with E-state index in [2.05, 4.69) is 10.2 Å². The number of nitrogens with zero attached hydrogens (tertiary/aromatic N) is 3. The maximum atomic E-state index is 12.5. The minimum Gasteiger partial charge on any atom is -0.269 e. The van der Waals surface area contributed by atoms with Crippen LogP contribution in [0.1, 0.15) is 5.82 Å². The topological polar surface area (TPSA) is 64.8 Å². The summed E-state index contributed by atoms with van der Waals surface area (Å²) < 4.78 is 60.9. The normalized spacial score (nSPS) is 12.6. The third-order valence-electron chi connectivity index (χ3n) is 2.29. The Labute approximate surface area is 116 Å². The first-order valence-electron chi connectivity index (χ1n) is 5.19. The summed E-state index contributed by atoms with van der Waals surface area (Å²) in [5, 5.41) is 5.77. The van der Waals surface area contributed by atoms with E-state index < -0.39 is 32.6 Å². The van der Waals surface area contributed by atoms with Crippen LogP contribution in [-0.2, 0) is 15.5 Å². The Morgan fingerprint density at radius 3 is 2.25 bits per heavy atom. The molecule has 0 bridgehead atoms. The fraction of sp³-hybridized carbons (Fsp3) is 0.200. The summed E-state index contributed by atoms with van der Waals surface area (Å²) in [4.78, 5) is 0. The van der Waals surface area contributed by atoms with E-state index in [1.165, 1.54) is 24.3 Å². The van der Waals surface area contributed by atoms with Crippen molar-refractivity contribution in [2.45, 2.75) is 17.8 Å². The second-order valence-corrected chi connectivity index (χ2v) is 6.26. The number of aromatic nitrogens is 3. The maximum absolute atomic E-state index is 12.5. The number of hydrogen-bond donors (Lipinski definition) is 0. The van der Waals surface area contributed by atoms with Crippen LogP contribution >= 0.6 is 10.7 Å². The predicted octanol–water partition coefficient (Wildman–Crippen LogP) is 2.30. The molecule has 0 unspecified atom stereocenters. The molecule has 0 atom stereocenters. The third kappa shape index (κ3) is 3.28. The molecular formula is C10H7ClF3N3O2S. The lowest BCUT2D eigenvalue weighted by molar-refractivity contribution is -0.128. The maximum Gasteiger partial charge on any atom is 0.396 e. The predicted molar refractivity (Wildman–Crippen MR) is 64.2 cm³/mol. The van der Waals surface area contributed by atoms with Crippen LogP contribution in [0.3, 0.4) is 0 Å². The molecule has 1 heterocycles. The second-order valence-electron chi connectivity index (χ2n) is 3.80. The first-order chi connectivity index (χ1) is 9.18. The molecule has 0 aliphatic heterocycles. The van der Waals surface area contributed by atoms with E-state index in [0.717, 1.165) is 4.57 Å². The van der Waals surface area contributed by atoms with E-state index >= 15 is 0 Å². The molecule has 0 saturated heterocycles. The Balaban J connectivity index is 2.64. The van der Waals surface area contributed by atoms with Gasteiger partial charge in [-0.05, 0) is 12.1 Å². The van der Waals surface area contributed by atoms with Crippen LogP contribution in [-0.4, -0.2) is 29.4 Å². The molecule has 0 saturated carbocycles. The molecule has 20 heavy (non-hydrogen) atoms. The van der Waals surface area contributed by atoms with Crippen LogP contribution in [0, 0.1) is 0 Å². The first-order valence-corrected chi connectivity index (χ1v) is 7.50. The average Bonchev–Trinajstić information content (AvgIpc) is 2.71. The summed E-state index contributed by atoms with van der Waals surface area (Å²) in [7, 11) is 0.844. The monoisotopic (exact) mass is 325 g/mol. The fourth-order valence-corrected chi connectivity index (χ4v) is 2.46. The van der Waals surface area contributed by atoms with Gasteiger partial charge in [-0.2, -0.15) is 13.2 Å². The molecule has 0 amide bonds. The van der Waals surface area contributed by atoms with Crippen molar-refractivity contribution < 1.29 is 21.6 Å². The number of rotatable bonds is 3. The highest BCUT2D eigenvalue weighted by Crippen LogP contribution is 2.25. The summed E-state index contributed by atoms with van der Waals surface area (Å²) in [6.45, 7) is 0. The van der Waals surface area contributed by atoms with Crippen molar-refractivity contribution >= 4 is 19.7 Å². The Bertz CT molecular complexity index is 713. The van der Waals surface area contributed by atoms with Gasteiger partial charge in [0, 0.05) is 16.4 Å². The van der Waals surface area contributed by atoms with Crippen molar-refractivity contribution in [3.8, 4) is 5.69 Å². The van der Waals surface area contributed by atoms with Gasteiger partial charge in [0.15, 0.2) is 0 Å². The lowest BCUT2D eigenvalue weighted by atomic mass is 10.3. The molecule has 1 aromatic heterocycles. The molecule has 5 nitrogen and oxygen atoms in total. The Kier molecular flexibility index (Phi) is 3.74. The van der Waals surface area contributed by atoms with Gasteiger partial charge in [0.25, 0.3) is 14.2 Å². The zero-order valence-corrected chi connectivity index (χ0v) is 11.2. The molecule has 0 radical (unpaired) electrons. The lowest BCUT2D eigenvalue weighted by Crippen LogP contribution is -2.17. The Hall–Kier alpha value is -1.61. The van der Waals surface area contributed by atoms with Gasteiger partial charge in [-0.3, -0.25) is 4.57 Å². The Morgan fingerprint density at radius 1 is 1.15 bits per heavy atom. The van der Waals surface area contributed by atoms with Crippen molar-refractivity contribution in [1.82, 2.24) is 14.8 Å². The third-order valence-corrected chi connectivity index (χ3v) is 3.41. The van der Waals surface area contributed by atoms with E-state index in [1.54, 1.807) is 6.07 Å². The van der Waals surface area contributed by atoms with E-state index in [-0.39, 0.29) is 5.69 Å². The first kappa shape index (κ1) is 14.8. The van der Waals surface area contributed by atoms with Crippen LogP contribution in [0.5, 0.6) is 0 Å². The van der Waals surface area contributed by atoms with Gasteiger partial charge < -0.3 is 0 Å². The van der Waals surface area contributed by atoms with Crippen LogP contribution in [0.25, 0.3) is 5.69 Å². The molecule has 0 N–H and O–H groups in total. The summed E-state index contributed by atoms with van der Waals surface area (Å²) in [5.41, 5.74) is 0.177. The molecule has 10 heteroatoms. The largest absolute Gasteiger partial charge is 0.396 e. The fourth-order valence-electron chi connectivity index (χ4n) is 1.59. The SMILES string of the molecule is O=S(=O)(Cl)c1nnc(CC(F)(F)F)n1-c1ccccc1. The van der Waals surface area contributed by atoms with Crippen molar-refractivity contribution in [2.24, 2.45) is 0 Å². The van der Waals surface area contributed by atoms with Gasteiger partial charge in [0.05, 0.1) is 0 Å². The van der Waals surface area contributed by atoms with Gasteiger partial charge in [-0.15, -0.1) is 10.2 Å². The number of alkyl halides is 3. The molecule has 2 rings (SSSR count). The van der Waals surface area contributed by atoms with Crippen molar-refractivity contribution in [3.63, 3.8) is 0 Å². The van der Waals surface area contributed by atoms with Gasteiger partial charge in [-0.1, -0.05) is 18.2 Å². The molecule has 0 aliphatic rings.